The molecule has 4 heteroatoms. The summed E-state index contributed by atoms with van der Waals surface area (Å²) < 4.78 is 11.4. The molecule has 1 aliphatic carbocycles. The van der Waals surface area contributed by atoms with Crippen LogP contribution in [0.25, 0.3) is 17.2 Å². The summed E-state index contributed by atoms with van der Waals surface area (Å²) in [4.78, 5) is 12.3. The average Bonchev–Trinajstić information content (AvgIpc) is 3.12. The molecule has 0 spiro atoms. The molecule has 1 aliphatic rings. The molecule has 0 saturated carbocycles. The molecular formula is C28H29NO3. The van der Waals surface area contributed by atoms with Gasteiger partial charge in [0.05, 0.1) is 6.10 Å². The Kier molecular flexibility index (Phi) is 6.90. The van der Waals surface area contributed by atoms with Gasteiger partial charge in [0.25, 0.3) is 0 Å². The third kappa shape index (κ3) is 5.02. The van der Waals surface area contributed by atoms with E-state index in [-0.39, 0.29) is 18.1 Å². The molecule has 0 heterocycles. The van der Waals surface area contributed by atoms with E-state index < -0.39 is 0 Å². The number of carbonyl (C=O) groups is 1. The van der Waals surface area contributed by atoms with Crippen molar-refractivity contribution in [3.8, 4) is 16.9 Å². The Morgan fingerprint density at radius 1 is 0.938 bits per heavy atom. The average molecular weight is 428 g/mol. The lowest BCUT2D eigenvalue weighted by Crippen LogP contribution is -2.26. The van der Waals surface area contributed by atoms with Gasteiger partial charge in [0.2, 0.25) is 0 Å². The van der Waals surface area contributed by atoms with E-state index in [9.17, 15) is 4.79 Å². The summed E-state index contributed by atoms with van der Waals surface area (Å²) in [5.74, 6) is 0.939. The first-order valence-corrected chi connectivity index (χ1v) is 11.1. The van der Waals surface area contributed by atoms with Crippen LogP contribution in [-0.2, 0) is 4.74 Å². The summed E-state index contributed by atoms with van der Waals surface area (Å²) in [6.07, 6.45) is 4.51. The highest BCUT2D eigenvalue weighted by atomic mass is 16.5. The maximum Gasteiger partial charge on any atom is 0.407 e. The number of fused-ring (bicyclic) bond motifs is 3. The molecule has 4 rings (SSSR count). The van der Waals surface area contributed by atoms with Crippen molar-refractivity contribution in [2.45, 2.75) is 32.3 Å². The third-order valence-electron chi connectivity index (χ3n) is 5.50. The topological polar surface area (TPSA) is 47.6 Å². The molecule has 3 aromatic rings. The van der Waals surface area contributed by atoms with Crippen LogP contribution in [0.1, 0.15) is 42.9 Å². The number of benzene rings is 3. The molecule has 0 unspecified atom stereocenters. The van der Waals surface area contributed by atoms with Gasteiger partial charge >= 0.3 is 6.09 Å². The van der Waals surface area contributed by atoms with E-state index in [1.165, 1.54) is 22.3 Å². The van der Waals surface area contributed by atoms with Gasteiger partial charge in [0.15, 0.2) is 0 Å². The minimum atomic E-state index is -0.385. The fraction of sp³-hybridized carbons (Fsp3) is 0.250. The van der Waals surface area contributed by atoms with Crippen molar-refractivity contribution in [3.63, 3.8) is 0 Å². The van der Waals surface area contributed by atoms with E-state index in [1.807, 2.05) is 74.5 Å². The highest BCUT2D eigenvalue weighted by molar-refractivity contribution is 5.79. The lowest BCUT2D eigenvalue weighted by molar-refractivity contribution is 0.143. The SMILES string of the molecule is CC(C)Oc1ccccc1C=CCCNC(=O)OCC1c2ccccc2-c2ccccc21. The minimum absolute atomic E-state index is 0.0745. The predicted octanol–water partition coefficient (Wildman–Crippen LogP) is 6.42. The Morgan fingerprint density at radius 2 is 1.56 bits per heavy atom. The van der Waals surface area contributed by atoms with Crippen LogP contribution in [0.15, 0.2) is 78.9 Å². The molecule has 0 bridgehead atoms. The molecule has 0 radical (unpaired) electrons. The normalized spacial score (nSPS) is 12.6. The fourth-order valence-corrected chi connectivity index (χ4v) is 4.10. The number of ether oxygens (including phenoxy) is 2. The number of rotatable bonds is 8. The number of para-hydroxylation sites is 1. The first-order valence-electron chi connectivity index (χ1n) is 11.1. The van der Waals surface area contributed by atoms with Crippen LogP contribution < -0.4 is 10.1 Å². The zero-order valence-corrected chi connectivity index (χ0v) is 18.6. The van der Waals surface area contributed by atoms with Gasteiger partial charge < -0.3 is 14.8 Å². The second kappa shape index (κ2) is 10.2. The molecule has 0 aromatic heterocycles. The summed E-state index contributed by atoms with van der Waals surface area (Å²) in [7, 11) is 0. The largest absolute Gasteiger partial charge is 0.490 e. The van der Waals surface area contributed by atoms with E-state index in [2.05, 4.69) is 29.6 Å². The molecule has 1 N–H and O–H groups in total. The van der Waals surface area contributed by atoms with E-state index in [1.54, 1.807) is 0 Å². The highest BCUT2D eigenvalue weighted by Gasteiger charge is 2.28. The second-order valence-electron chi connectivity index (χ2n) is 8.15. The number of carbonyl (C=O) groups excluding carboxylic acids is 1. The quantitative estimate of drug-likeness (QED) is 0.422. The Balaban J connectivity index is 1.27. The minimum Gasteiger partial charge on any atom is -0.490 e. The van der Waals surface area contributed by atoms with Crippen molar-refractivity contribution in [3.05, 3.63) is 95.6 Å². The summed E-state index contributed by atoms with van der Waals surface area (Å²) in [5.41, 5.74) is 5.91. The lowest BCUT2D eigenvalue weighted by atomic mass is 9.98. The fourth-order valence-electron chi connectivity index (χ4n) is 4.10. The van der Waals surface area contributed by atoms with Gasteiger partial charge in [0, 0.05) is 18.0 Å². The molecule has 0 atom stereocenters. The molecular weight excluding hydrogens is 398 g/mol. The van der Waals surface area contributed by atoms with Gasteiger partial charge in [-0.15, -0.1) is 0 Å². The van der Waals surface area contributed by atoms with Gasteiger partial charge in [-0.05, 0) is 48.6 Å². The number of hydrogen-bond acceptors (Lipinski definition) is 3. The van der Waals surface area contributed by atoms with Gasteiger partial charge in [-0.1, -0.05) is 78.9 Å². The highest BCUT2D eigenvalue weighted by Crippen LogP contribution is 2.44. The van der Waals surface area contributed by atoms with E-state index in [4.69, 9.17) is 9.47 Å². The van der Waals surface area contributed by atoms with Crippen molar-refractivity contribution in [1.82, 2.24) is 5.32 Å². The maximum absolute atomic E-state index is 12.3. The molecule has 0 aliphatic heterocycles. The molecule has 0 saturated heterocycles. The zero-order valence-electron chi connectivity index (χ0n) is 18.6. The number of alkyl carbamates (subject to hydrolysis) is 1. The van der Waals surface area contributed by atoms with Crippen LogP contribution in [0.3, 0.4) is 0 Å². The first-order chi connectivity index (χ1) is 15.6. The zero-order chi connectivity index (χ0) is 22.3. The molecule has 32 heavy (non-hydrogen) atoms. The van der Waals surface area contributed by atoms with Crippen molar-refractivity contribution < 1.29 is 14.3 Å². The summed E-state index contributed by atoms with van der Waals surface area (Å²) in [6, 6.07) is 24.6. The second-order valence-corrected chi connectivity index (χ2v) is 8.15. The summed E-state index contributed by atoms with van der Waals surface area (Å²) in [5, 5.41) is 2.84. The van der Waals surface area contributed by atoms with Crippen molar-refractivity contribution in [2.24, 2.45) is 0 Å². The summed E-state index contributed by atoms with van der Waals surface area (Å²) in [6.45, 7) is 4.87. The number of amides is 1. The van der Waals surface area contributed by atoms with Crippen LogP contribution in [-0.4, -0.2) is 25.3 Å². The standard InChI is InChI=1S/C28H29NO3/c1-20(2)32-27-17-8-3-11-21(27)12-9-10-18-29-28(30)31-19-26-24-15-6-4-13-22(24)23-14-5-7-16-25(23)26/h3-9,11-17,20,26H,10,18-19H2,1-2H3,(H,29,30). The van der Waals surface area contributed by atoms with Crippen LogP contribution >= 0.6 is 0 Å². The van der Waals surface area contributed by atoms with Crippen molar-refractivity contribution in [1.29, 1.82) is 0 Å². The van der Waals surface area contributed by atoms with Crippen molar-refractivity contribution in [2.75, 3.05) is 13.2 Å². The third-order valence-corrected chi connectivity index (χ3v) is 5.50. The molecule has 164 valence electrons. The Labute approximate surface area is 189 Å². The van der Waals surface area contributed by atoms with E-state index >= 15 is 0 Å². The number of hydrogen-bond donors (Lipinski definition) is 1. The van der Waals surface area contributed by atoms with Gasteiger partial charge in [-0.3, -0.25) is 0 Å². The van der Waals surface area contributed by atoms with Crippen LogP contribution in [0.4, 0.5) is 4.79 Å². The van der Waals surface area contributed by atoms with Gasteiger partial charge in [-0.25, -0.2) is 4.79 Å². The van der Waals surface area contributed by atoms with E-state index in [0.717, 1.165) is 11.3 Å². The van der Waals surface area contributed by atoms with Gasteiger partial charge in [0.1, 0.15) is 12.4 Å². The van der Waals surface area contributed by atoms with Gasteiger partial charge in [-0.2, -0.15) is 0 Å². The molecule has 4 nitrogen and oxygen atoms in total. The Hall–Kier alpha value is -3.53. The van der Waals surface area contributed by atoms with Crippen LogP contribution in [0, 0.1) is 0 Å². The maximum atomic E-state index is 12.3. The lowest BCUT2D eigenvalue weighted by Gasteiger charge is -2.14. The molecule has 1 amide bonds. The first kappa shape index (κ1) is 21.7. The Morgan fingerprint density at radius 3 is 2.25 bits per heavy atom. The van der Waals surface area contributed by atoms with Crippen molar-refractivity contribution >= 4 is 12.2 Å². The molecule has 0 fully saturated rings. The van der Waals surface area contributed by atoms with Crippen LogP contribution in [0.2, 0.25) is 0 Å². The molecule has 3 aromatic carbocycles. The monoisotopic (exact) mass is 427 g/mol. The van der Waals surface area contributed by atoms with Crippen LogP contribution in [0.5, 0.6) is 5.75 Å². The predicted molar refractivity (Wildman–Crippen MR) is 129 cm³/mol. The number of nitrogens with one attached hydrogen (secondary N) is 1. The summed E-state index contributed by atoms with van der Waals surface area (Å²) >= 11 is 0. The smallest absolute Gasteiger partial charge is 0.407 e. The van der Waals surface area contributed by atoms with E-state index in [0.29, 0.717) is 19.6 Å². The Bertz CT molecular complexity index is 1060.